The van der Waals surface area contributed by atoms with E-state index in [1.807, 2.05) is 7.05 Å². The van der Waals surface area contributed by atoms with Gasteiger partial charge in [-0.2, -0.15) is 0 Å². The molecule has 0 fully saturated rings. The van der Waals surface area contributed by atoms with Gasteiger partial charge in [0.1, 0.15) is 0 Å². The van der Waals surface area contributed by atoms with Gasteiger partial charge >= 0.3 is 0 Å². The highest BCUT2D eigenvalue weighted by Crippen LogP contribution is 1.96. The maximum atomic E-state index is 5.05. The zero-order valence-electron chi connectivity index (χ0n) is 13.9. The standard InChI is InChI=1S/C15H34N4O/c1-5-6-7-8-10-17-15(16-2)18-11-13-19(3)12-9-14-20-4/h5-14H2,1-4H3,(H2,16,17,18). The highest BCUT2D eigenvalue weighted by molar-refractivity contribution is 5.79. The van der Waals surface area contributed by atoms with E-state index in [1.165, 1.54) is 25.7 Å². The van der Waals surface area contributed by atoms with Gasteiger partial charge in [-0.3, -0.25) is 4.99 Å². The normalized spacial score (nSPS) is 11.9. The van der Waals surface area contributed by atoms with E-state index in [9.17, 15) is 0 Å². The second-order valence-corrected chi connectivity index (χ2v) is 5.14. The van der Waals surface area contributed by atoms with Crippen LogP contribution in [0.4, 0.5) is 0 Å². The predicted molar refractivity (Wildman–Crippen MR) is 87.5 cm³/mol. The van der Waals surface area contributed by atoms with Crippen LogP contribution in [0.1, 0.15) is 39.0 Å². The average molecular weight is 286 g/mol. The third kappa shape index (κ3) is 12.2. The van der Waals surface area contributed by atoms with E-state index in [-0.39, 0.29) is 0 Å². The number of guanidine groups is 1. The van der Waals surface area contributed by atoms with Gasteiger partial charge in [-0.05, 0) is 19.9 Å². The van der Waals surface area contributed by atoms with Gasteiger partial charge in [0.2, 0.25) is 0 Å². The molecule has 0 aliphatic carbocycles. The Labute approximate surface area is 125 Å². The van der Waals surface area contributed by atoms with Crippen molar-refractivity contribution in [1.82, 2.24) is 15.5 Å². The van der Waals surface area contributed by atoms with Gasteiger partial charge in [0, 0.05) is 46.9 Å². The van der Waals surface area contributed by atoms with Crippen molar-refractivity contribution in [3.63, 3.8) is 0 Å². The molecule has 0 atom stereocenters. The van der Waals surface area contributed by atoms with Crippen LogP contribution >= 0.6 is 0 Å². The van der Waals surface area contributed by atoms with E-state index in [0.29, 0.717) is 0 Å². The van der Waals surface area contributed by atoms with Crippen LogP contribution < -0.4 is 10.6 Å². The van der Waals surface area contributed by atoms with Crippen molar-refractivity contribution in [1.29, 1.82) is 0 Å². The van der Waals surface area contributed by atoms with Crippen molar-refractivity contribution in [3.8, 4) is 0 Å². The van der Waals surface area contributed by atoms with Crippen molar-refractivity contribution < 1.29 is 4.74 Å². The molecule has 0 spiro atoms. The van der Waals surface area contributed by atoms with Crippen LogP contribution in [0.15, 0.2) is 4.99 Å². The molecule has 0 aromatic heterocycles. The lowest BCUT2D eigenvalue weighted by Crippen LogP contribution is -2.41. The van der Waals surface area contributed by atoms with Gasteiger partial charge in [0.25, 0.3) is 0 Å². The van der Waals surface area contributed by atoms with E-state index < -0.39 is 0 Å². The van der Waals surface area contributed by atoms with Crippen LogP contribution in [-0.2, 0) is 4.74 Å². The summed E-state index contributed by atoms with van der Waals surface area (Å²) < 4.78 is 5.05. The molecule has 0 rings (SSSR count). The van der Waals surface area contributed by atoms with E-state index in [4.69, 9.17) is 4.74 Å². The fourth-order valence-electron chi connectivity index (χ4n) is 1.93. The van der Waals surface area contributed by atoms with Gasteiger partial charge in [-0.15, -0.1) is 0 Å². The fraction of sp³-hybridized carbons (Fsp3) is 0.933. The summed E-state index contributed by atoms with van der Waals surface area (Å²) in [5.41, 5.74) is 0. The molecule has 120 valence electrons. The van der Waals surface area contributed by atoms with Crippen molar-refractivity contribution in [2.75, 3.05) is 54.0 Å². The molecule has 20 heavy (non-hydrogen) atoms. The molecule has 0 saturated heterocycles. The minimum atomic E-state index is 0.832. The second kappa shape index (κ2) is 14.6. The number of likely N-dealkylation sites (N-methyl/N-ethyl adjacent to an activating group) is 1. The summed E-state index contributed by atoms with van der Waals surface area (Å²) in [4.78, 5) is 6.54. The third-order valence-corrected chi connectivity index (χ3v) is 3.22. The van der Waals surface area contributed by atoms with Crippen molar-refractivity contribution in [2.24, 2.45) is 4.99 Å². The topological polar surface area (TPSA) is 48.9 Å². The van der Waals surface area contributed by atoms with Gasteiger partial charge in [0.05, 0.1) is 0 Å². The Morgan fingerprint density at radius 2 is 1.80 bits per heavy atom. The molecule has 5 nitrogen and oxygen atoms in total. The van der Waals surface area contributed by atoms with Crippen LogP contribution in [0.25, 0.3) is 0 Å². The SMILES string of the molecule is CCCCCCNC(=NC)NCCN(C)CCCOC. The Morgan fingerprint density at radius 1 is 1.05 bits per heavy atom. The highest BCUT2D eigenvalue weighted by atomic mass is 16.5. The number of rotatable bonds is 12. The molecule has 0 radical (unpaired) electrons. The summed E-state index contributed by atoms with van der Waals surface area (Å²) >= 11 is 0. The summed E-state index contributed by atoms with van der Waals surface area (Å²) in [6, 6.07) is 0. The summed E-state index contributed by atoms with van der Waals surface area (Å²) in [5.74, 6) is 0.909. The molecular formula is C15H34N4O. The third-order valence-electron chi connectivity index (χ3n) is 3.22. The molecule has 0 aromatic carbocycles. The monoisotopic (exact) mass is 286 g/mol. The van der Waals surface area contributed by atoms with E-state index in [2.05, 4.69) is 34.5 Å². The van der Waals surface area contributed by atoms with Crippen LogP contribution in [0.2, 0.25) is 0 Å². The Kier molecular flexibility index (Phi) is 14.0. The summed E-state index contributed by atoms with van der Waals surface area (Å²) in [5, 5.41) is 6.70. The average Bonchev–Trinajstić information content (AvgIpc) is 2.45. The van der Waals surface area contributed by atoms with Crippen molar-refractivity contribution in [2.45, 2.75) is 39.0 Å². The summed E-state index contributed by atoms with van der Waals surface area (Å²) in [7, 11) is 5.71. The smallest absolute Gasteiger partial charge is 0.191 e. The number of unbranched alkanes of at least 4 members (excludes halogenated alkanes) is 3. The number of nitrogens with zero attached hydrogens (tertiary/aromatic N) is 2. The van der Waals surface area contributed by atoms with Gasteiger partial charge in [-0.1, -0.05) is 26.2 Å². The summed E-state index contributed by atoms with van der Waals surface area (Å²) in [6.45, 7) is 7.07. The largest absolute Gasteiger partial charge is 0.385 e. The maximum Gasteiger partial charge on any atom is 0.191 e. The zero-order chi connectivity index (χ0) is 15.1. The Morgan fingerprint density at radius 3 is 2.45 bits per heavy atom. The van der Waals surface area contributed by atoms with Crippen LogP contribution in [0, 0.1) is 0 Å². The molecule has 0 bridgehead atoms. The number of nitrogens with one attached hydrogen (secondary N) is 2. The Hall–Kier alpha value is -0.810. The quantitative estimate of drug-likeness (QED) is 0.326. The first kappa shape index (κ1) is 19.2. The fourth-order valence-corrected chi connectivity index (χ4v) is 1.93. The first-order valence-electron chi connectivity index (χ1n) is 7.86. The van der Waals surface area contributed by atoms with Crippen molar-refractivity contribution in [3.05, 3.63) is 0 Å². The van der Waals surface area contributed by atoms with Crippen LogP contribution in [-0.4, -0.2) is 64.9 Å². The molecule has 0 aliphatic rings. The van der Waals surface area contributed by atoms with Crippen LogP contribution in [0.5, 0.6) is 0 Å². The number of hydrogen-bond acceptors (Lipinski definition) is 3. The first-order valence-corrected chi connectivity index (χ1v) is 7.86. The second-order valence-electron chi connectivity index (χ2n) is 5.14. The van der Waals surface area contributed by atoms with Crippen molar-refractivity contribution >= 4 is 5.96 Å². The zero-order valence-corrected chi connectivity index (χ0v) is 13.9. The van der Waals surface area contributed by atoms with Gasteiger partial charge in [0.15, 0.2) is 5.96 Å². The number of methoxy groups -OCH3 is 1. The Bertz CT molecular complexity index is 234. The molecule has 0 aromatic rings. The minimum absolute atomic E-state index is 0.832. The predicted octanol–water partition coefficient (Wildman–Crippen LogP) is 1.70. The van der Waals surface area contributed by atoms with Gasteiger partial charge < -0.3 is 20.3 Å². The first-order chi connectivity index (χ1) is 9.74. The molecule has 0 unspecified atom stereocenters. The lowest BCUT2D eigenvalue weighted by molar-refractivity contribution is 0.180. The van der Waals surface area contributed by atoms with Gasteiger partial charge in [-0.25, -0.2) is 0 Å². The van der Waals surface area contributed by atoms with Crippen LogP contribution in [0.3, 0.4) is 0 Å². The lowest BCUT2D eigenvalue weighted by atomic mass is 10.2. The molecule has 0 saturated carbocycles. The van der Waals surface area contributed by atoms with E-state index in [0.717, 1.165) is 45.2 Å². The molecule has 0 amide bonds. The molecule has 0 aliphatic heterocycles. The minimum Gasteiger partial charge on any atom is -0.385 e. The number of hydrogen-bond donors (Lipinski definition) is 2. The highest BCUT2D eigenvalue weighted by Gasteiger charge is 2.00. The molecular weight excluding hydrogens is 252 g/mol. The number of aliphatic imine (C=N–C) groups is 1. The number of ether oxygens (including phenoxy) is 1. The van der Waals surface area contributed by atoms with E-state index >= 15 is 0 Å². The molecule has 5 heteroatoms. The molecule has 2 N–H and O–H groups in total. The maximum absolute atomic E-state index is 5.05. The lowest BCUT2D eigenvalue weighted by Gasteiger charge is -2.18. The summed E-state index contributed by atoms with van der Waals surface area (Å²) in [6.07, 6.45) is 6.19. The van der Waals surface area contributed by atoms with E-state index in [1.54, 1.807) is 7.11 Å². The molecule has 0 heterocycles. The Balaban J connectivity index is 3.54.